The van der Waals surface area contributed by atoms with E-state index >= 15 is 0 Å². The van der Waals surface area contributed by atoms with Crippen molar-refractivity contribution in [3.05, 3.63) is 77.2 Å². The maximum Gasteiger partial charge on any atom is 0.291 e. The zero-order valence-corrected chi connectivity index (χ0v) is 17.8. The second-order valence-corrected chi connectivity index (χ2v) is 8.84. The standard InChI is InChI=1S/C22H24N2O5S/c1-14(2)19-10-4-15(3)12-21(19)28-13-17-7-11-20(29-17)22(25)24-16-5-8-18(9-6-16)30(23,26)27/h4-12,14H,13H2,1-3H3,(H,24,25)(H2,23,26,27). The first-order valence-electron chi connectivity index (χ1n) is 9.40. The summed E-state index contributed by atoms with van der Waals surface area (Å²) < 4.78 is 34.1. The fraction of sp³-hybridized carbons (Fsp3) is 0.227. The van der Waals surface area contributed by atoms with Crippen LogP contribution in [-0.4, -0.2) is 14.3 Å². The summed E-state index contributed by atoms with van der Waals surface area (Å²) in [6, 6.07) is 14.9. The quantitative estimate of drug-likeness (QED) is 0.586. The summed E-state index contributed by atoms with van der Waals surface area (Å²) in [5.41, 5.74) is 2.62. The number of nitrogens with one attached hydrogen (secondary N) is 1. The number of sulfonamides is 1. The van der Waals surface area contributed by atoms with Gasteiger partial charge in [0.15, 0.2) is 5.76 Å². The molecule has 0 radical (unpaired) electrons. The van der Waals surface area contributed by atoms with Crippen molar-refractivity contribution in [3.63, 3.8) is 0 Å². The van der Waals surface area contributed by atoms with E-state index in [4.69, 9.17) is 14.3 Å². The van der Waals surface area contributed by atoms with Crippen molar-refractivity contribution in [2.24, 2.45) is 5.14 Å². The number of furan rings is 1. The van der Waals surface area contributed by atoms with Crippen molar-refractivity contribution in [1.29, 1.82) is 0 Å². The van der Waals surface area contributed by atoms with Crippen LogP contribution in [-0.2, 0) is 16.6 Å². The fourth-order valence-electron chi connectivity index (χ4n) is 2.89. The minimum atomic E-state index is -3.78. The average Bonchev–Trinajstić information content (AvgIpc) is 3.15. The lowest BCUT2D eigenvalue weighted by Crippen LogP contribution is -2.13. The minimum absolute atomic E-state index is 0.0325. The molecule has 2 aromatic carbocycles. The van der Waals surface area contributed by atoms with Crippen LogP contribution < -0.4 is 15.2 Å². The molecular formula is C22H24N2O5S. The Morgan fingerprint density at radius 3 is 2.43 bits per heavy atom. The smallest absolute Gasteiger partial charge is 0.291 e. The summed E-state index contributed by atoms with van der Waals surface area (Å²) in [6.45, 7) is 6.39. The molecule has 30 heavy (non-hydrogen) atoms. The Hall–Kier alpha value is -3.10. The van der Waals surface area contributed by atoms with Gasteiger partial charge in [0.1, 0.15) is 18.1 Å². The molecule has 8 heteroatoms. The number of ether oxygens (including phenoxy) is 1. The highest BCUT2D eigenvalue weighted by Gasteiger charge is 2.14. The first-order chi connectivity index (χ1) is 14.1. The van der Waals surface area contributed by atoms with Gasteiger partial charge in [-0.1, -0.05) is 26.0 Å². The molecule has 0 saturated heterocycles. The SMILES string of the molecule is Cc1ccc(C(C)C)c(OCc2ccc(C(=O)Nc3ccc(S(N)(=O)=O)cc3)o2)c1. The van der Waals surface area contributed by atoms with E-state index in [-0.39, 0.29) is 17.3 Å². The minimum Gasteiger partial charge on any atom is -0.485 e. The van der Waals surface area contributed by atoms with E-state index < -0.39 is 15.9 Å². The first-order valence-corrected chi connectivity index (χ1v) is 10.9. The van der Waals surface area contributed by atoms with Gasteiger partial charge in [-0.15, -0.1) is 0 Å². The molecular weight excluding hydrogens is 404 g/mol. The highest BCUT2D eigenvalue weighted by Crippen LogP contribution is 2.28. The monoisotopic (exact) mass is 428 g/mol. The molecule has 1 amide bonds. The van der Waals surface area contributed by atoms with E-state index in [9.17, 15) is 13.2 Å². The van der Waals surface area contributed by atoms with Crippen LogP contribution in [0.25, 0.3) is 0 Å². The Morgan fingerprint density at radius 2 is 1.80 bits per heavy atom. The second kappa shape index (κ2) is 8.73. The first kappa shape index (κ1) is 21.6. The molecule has 0 aliphatic carbocycles. The molecule has 0 aliphatic rings. The molecule has 0 fully saturated rings. The van der Waals surface area contributed by atoms with Gasteiger partial charge in [0.05, 0.1) is 4.90 Å². The predicted molar refractivity (Wildman–Crippen MR) is 114 cm³/mol. The molecule has 0 bridgehead atoms. The summed E-state index contributed by atoms with van der Waals surface area (Å²) in [5.74, 6) is 1.29. The number of benzene rings is 2. The zero-order chi connectivity index (χ0) is 21.9. The molecule has 0 saturated carbocycles. The van der Waals surface area contributed by atoms with Gasteiger partial charge in [-0.25, -0.2) is 13.6 Å². The van der Waals surface area contributed by atoms with Crippen LogP contribution in [0, 0.1) is 6.92 Å². The number of nitrogens with two attached hydrogens (primary N) is 1. The topological polar surface area (TPSA) is 112 Å². The van der Waals surface area contributed by atoms with Gasteiger partial charge in [-0.3, -0.25) is 4.79 Å². The highest BCUT2D eigenvalue weighted by atomic mass is 32.2. The molecule has 0 atom stereocenters. The number of amides is 1. The van der Waals surface area contributed by atoms with Crippen LogP contribution in [0.3, 0.4) is 0 Å². The van der Waals surface area contributed by atoms with Gasteiger partial charge in [-0.05, 0) is 66.4 Å². The van der Waals surface area contributed by atoms with Crippen LogP contribution >= 0.6 is 0 Å². The molecule has 0 spiro atoms. The summed E-state index contributed by atoms with van der Waals surface area (Å²) in [6.07, 6.45) is 0. The summed E-state index contributed by atoms with van der Waals surface area (Å²) >= 11 is 0. The third-order valence-electron chi connectivity index (χ3n) is 4.49. The van der Waals surface area contributed by atoms with Gasteiger partial charge in [0.25, 0.3) is 5.91 Å². The maximum absolute atomic E-state index is 12.4. The van der Waals surface area contributed by atoms with Gasteiger partial charge in [0.2, 0.25) is 10.0 Å². The number of anilines is 1. The highest BCUT2D eigenvalue weighted by molar-refractivity contribution is 7.89. The van der Waals surface area contributed by atoms with Crippen LogP contribution in [0.1, 0.15) is 47.2 Å². The number of primary sulfonamides is 1. The van der Waals surface area contributed by atoms with Crippen molar-refractivity contribution in [2.75, 3.05) is 5.32 Å². The second-order valence-electron chi connectivity index (χ2n) is 7.27. The number of carbonyl (C=O) groups is 1. The van der Waals surface area contributed by atoms with E-state index in [2.05, 4.69) is 25.2 Å². The fourth-order valence-corrected chi connectivity index (χ4v) is 3.41. The van der Waals surface area contributed by atoms with Crippen molar-refractivity contribution in [1.82, 2.24) is 0 Å². The largest absolute Gasteiger partial charge is 0.485 e. The third kappa shape index (κ3) is 5.28. The van der Waals surface area contributed by atoms with E-state index in [1.807, 2.05) is 19.1 Å². The summed E-state index contributed by atoms with van der Waals surface area (Å²) in [7, 11) is -3.78. The molecule has 1 heterocycles. The molecule has 0 unspecified atom stereocenters. The van der Waals surface area contributed by atoms with Crippen LogP contribution in [0.5, 0.6) is 5.75 Å². The number of hydrogen-bond acceptors (Lipinski definition) is 5. The zero-order valence-electron chi connectivity index (χ0n) is 17.0. The van der Waals surface area contributed by atoms with E-state index in [1.165, 1.54) is 24.3 Å². The molecule has 3 aromatic rings. The van der Waals surface area contributed by atoms with Gasteiger partial charge in [0, 0.05) is 5.69 Å². The van der Waals surface area contributed by atoms with Crippen molar-refractivity contribution < 1.29 is 22.4 Å². The molecule has 3 N–H and O–H groups in total. The average molecular weight is 429 g/mol. The molecule has 7 nitrogen and oxygen atoms in total. The summed E-state index contributed by atoms with van der Waals surface area (Å²) in [5, 5.41) is 7.71. The number of aryl methyl sites for hydroxylation is 1. The predicted octanol–water partition coefficient (Wildman–Crippen LogP) is 4.19. The molecule has 158 valence electrons. The normalized spacial score (nSPS) is 11.5. The Bertz CT molecular complexity index is 1150. The summed E-state index contributed by atoms with van der Waals surface area (Å²) in [4.78, 5) is 12.4. The Balaban J connectivity index is 1.65. The Labute approximate surface area is 175 Å². The molecule has 3 rings (SSSR count). The van der Waals surface area contributed by atoms with Gasteiger partial charge in [-0.2, -0.15) is 0 Å². The molecule has 1 aromatic heterocycles. The van der Waals surface area contributed by atoms with E-state index in [1.54, 1.807) is 12.1 Å². The van der Waals surface area contributed by atoms with Gasteiger partial charge >= 0.3 is 0 Å². The van der Waals surface area contributed by atoms with Crippen LogP contribution in [0.4, 0.5) is 5.69 Å². The van der Waals surface area contributed by atoms with Crippen LogP contribution in [0.2, 0.25) is 0 Å². The number of rotatable bonds is 7. The lowest BCUT2D eigenvalue weighted by Gasteiger charge is -2.14. The molecule has 0 aliphatic heterocycles. The van der Waals surface area contributed by atoms with Crippen molar-refractivity contribution in [3.8, 4) is 5.75 Å². The number of carbonyl (C=O) groups excluding carboxylic acids is 1. The third-order valence-corrected chi connectivity index (χ3v) is 5.42. The van der Waals surface area contributed by atoms with Crippen LogP contribution in [0.15, 0.2) is 63.9 Å². The number of hydrogen-bond donors (Lipinski definition) is 2. The lowest BCUT2D eigenvalue weighted by atomic mass is 10.0. The Kier molecular flexibility index (Phi) is 6.28. The van der Waals surface area contributed by atoms with Crippen molar-refractivity contribution in [2.45, 2.75) is 38.2 Å². The lowest BCUT2D eigenvalue weighted by molar-refractivity contribution is 0.0992. The van der Waals surface area contributed by atoms with Crippen molar-refractivity contribution >= 4 is 21.6 Å². The van der Waals surface area contributed by atoms with Gasteiger partial charge < -0.3 is 14.5 Å². The Morgan fingerprint density at radius 1 is 1.10 bits per heavy atom. The van der Waals surface area contributed by atoms with E-state index in [0.29, 0.717) is 17.4 Å². The van der Waals surface area contributed by atoms with E-state index in [0.717, 1.165) is 16.9 Å². The maximum atomic E-state index is 12.4.